The number of ether oxygens (including phenoxy) is 1. The highest BCUT2D eigenvalue weighted by Gasteiger charge is 2.23. The minimum absolute atomic E-state index is 0.210. The average molecular weight is 423 g/mol. The van der Waals surface area contributed by atoms with Crippen LogP contribution in [-0.2, 0) is 20.7 Å². The Morgan fingerprint density at radius 2 is 1.74 bits per heavy atom. The van der Waals surface area contributed by atoms with Gasteiger partial charge >= 0.3 is 5.97 Å². The van der Waals surface area contributed by atoms with Crippen molar-refractivity contribution in [2.45, 2.75) is 19.3 Å². The lowest BCUT2D eigenvalue weighted by molar-refractivity contribution is -0.152. The fraction of sp³-hybridized carbons (Fsp3) is 0.333. The molecule has 162 valence electrons. The maximum absolute atomic E-state index is 13.9. The first-order chi connectivity index (χ1) is 15.1. The zero-order chi connectivity index (χ0) is 21.6. The zero-order valence-electron chi connectivity index (χ0n) is 17.4. The van der Waals surface area contributed by atoms with E-state index in [1.54, 1.807) is 23.1 Å². The van der Waals surface area contributed by atoms with Gasteiger partial charge in [0.2, 0.25) is 0 Å². The molecule has 2 heterocycles. The molecule has 7 heteroatoms. The monoisotopic (exact) mass is 423 g/mol. The van der Waals surface area contributed by atoms with Gasteiger partial charge in [-0.25, -0.2) is 4.39 Å². The molecule has 1 saturated heterocycles. The number of nitrogens with one attached hydrogen (secondary N) is 1. The van der Waals surface area contributed by atoms with Crippen molar-refractivity contribution in [1.29, 1.82) is 0 Å². The van der Waals surface area contributed by atoms with Gasteiger partial charge in [-0.1, -0.05) is 30.3 Å². The molecule has 0 radical (unpaired) electrons. The van der Waals surface area contributed by atoms with Gasteiger partial charge in [0.05, 0.1) is 5.69 Å². The van der Waals surface area contributed by atoms with Crippen molar-refractivity contribution in [2.24, 2.45) is 0 Å². The maximum atomic E-state index is 13.9. The molecule has 0 bridgehead atoms. The number of hydrogen-bond donors (Lipinski definition) is 1. The number of halogens is 1. The number of amides is 1. The number of piperazine rings is 1. The standard InChI is InChI=1S/C24H26FN3O3/c25-20-8-2-4-10-22(20)27-12-14-28(15-13-27)23(29)17-31-24(30)11-5-6-18-16-26-21-9-3-1-7-19(18)21/h1-4,7-10,16,26H,5-6,11-15,17H2. The molecule has 31 heavy (non-hydrogen) atoms. The van der Waals surface area contributed by atoms with Gasteiger partial charge in [-0.05, 0) is 36.6 Å². The highest BCUT2D eigenvalue weighted by Crippen LogP contribution is 2.21. The number of H-pyrrole nitrogens is 1. The lowest BCUT2D eigenvalue weighted by Gasteiger charge is -2.36. The Morgan fingerprint density at radius 3 is 2.55 bits per heavy atom. The summed E-state index contributed by atoms with van der Waals surface area (Å²) in [6, 6.07) is 14.7. The summed E-state index contributed by atoms with van der Waals surface area (Å²) in [7, 11) is 0. The van der Waals surface area contributed by atoms with Crippen LogP contribution in [0.4, 0.5) is 10.1 Å². The second kappa shape index (κ2) is 9.64. The van der Waals surface area contributed by atoms with Crippen LogP contribution in [0.1, 0.15) is 18.4 Å². The van der Waals surface area contributed by atoms with Gasteiger partial charge in [0.25, 0.3) is 5.91 Å². The van der Waals surface area contributed by atoms with E-state index in [0.29, 0.717) is 38.3 Å². The number of rotatable bonds is 7. The van der Waals surface area contributed by atoms with Gasteiger partial charge in [0.15, 0.2) is 6.61 Å². The minimum Gasteiger partial charge on any atom is -0.456 e. The molecule has 1 aliphatic rings. The fourth-order valence-electron chi connectivity index (χ4n) is 3.97. The summed E-state index contributed by atoms with van der Waals surface area (Å²) in [5, 5.41) is 1.17. The minimum atomic E-state index is -0.363. The molecule has 2 aromatic carbocycles. The molecular formula is C24H26FN3O3. The largest absolute Gasteiger partial charge is 0.456 e. The highest BCUT2D eigenvalue weighted by molar-refractivity contribution is 5.83. The predicted molar refractivity (Wildman–Crippen MR) is 117 cm³/mol. The first kappa shape index (κ1) is 20.9. The number of nitrogens with zero attached hydrogens (tertiary/aromatic N) is 2. The normalized spacial score (nSPS) is 14.1. The number of anilines is 1. The molecule has 1 fully saturated rings. The number of benzene rings is 2. The molecule has 1 aliphatic heterocycles. The molecule has 1 N–H and O–H groups in total. The average Bonchev–Trinajstić information content (AvgIpc) is 3.21. The summed E-state index contributed by atoms with van der Waals surface area (Å²) in [5.41, 5.74) is 2.81. The molecule has 6 nitrogen and oxygen atoms in total. The van der Waals surface area contributed by atoms with Crippen LogP contribution in [-0.4, -0.2) is 54.5 Å². The van der Waals surface area contributed by atoms with Crippen molar-refractivity contribution in [3.8, 4) is 0 Å². The highest BCUT2D eigenvalue weighted by atomic mass is 19.1. The quantitative estimate of drug-likeness (QED) is 0.591. The fourth-order valence-corrected chi connectivity index (χ4v) is 3.97. The topological polar surface area (TPSA) is 65.6 Å². The van der Waals surface area contributed by atoms with E-state index in [2.05, 4.69) is 11.1 Å². The summed E-state index contributed by atoms with van der Waals surface area (Å²) < 4.78 is 19.1. The van der Waals surface area contributed by atoms with Crippen molar-refractivity contribution < 1.29 is 18.7 Å². The van der Waals surface area contributed by atoms with Crippen LogP contribution in [0.5, 0.6) is 0 Å². The molecule has 0 aliphatic carbocycles. The van der Waals surface area contributed by atoms with Crippen LogP contribution in [0.15, 0.2) is 54.7 Å². The predicted octanol–water partition coefficient (Wildman–Crippen LogP) is 3.52. The Bertz CT molecular complexity index is 1060. The number of aromatic nitrogens is 1. The van der Waals surface area contributed by atoms with Crippen LogP contribution < -0.4 is 4.90 Å². The summed E-state index contributed by atoms with van der Waals surface area (Å²) in [5.74, 6) is -0.833. The van der Waals surface area contributed by atoms with Crippen molar-refractivity contribution in [2.75, 3.05) is 37.7 Å². The van der Waals surface area contributed by atoms with E-state index in [9.17, 15) is 14.0 Å². The van der Waals surface area contributed by atoms with E-state index < -0.39 is 0 Å². The lowest BCUT2D eigenvalue weighted by atomic mass is 10.1. The van der Waals surface area contributed by atoms with Gasteiger partial charge < -0.3 is 19.5 Å². The second-order valence-electron chi connectivity index (χ2n) is 7.69. The molecular weight excluding hydrogens is 397 g/mol. The Kier molecular flexibility index (Phi) is 6.50. The number of hydrogen-bond acceptors (Lipinski definition) is 4. The van der Waals surface area contributed by atoms with Crippen LogP contribution in [0, 0.1) is 5.82 Å². The summed E-state index contributed by atoms with van der Waals surface area (Å²) in [6.45, 7) is 1.80. The van der Waals surface area contributed by atoms with E-state index >= 15 is 0 Å². The summed E-state index contributed by atoms with van der Waals surface area (Å²) in [4.78, 5) is 31.2. The third-order valence-electron chi connectivity index (χ3n) is 5.68. The Hall–Kier alpha value is -3.35. The smallest absolute Gasteiger partial charge is 0.306 e. The Balaban J connectivity index is 1.17. The first-order valence-electron chi connectivity index (χ1n) is 10.6. The number of para-hydroxylation sites is 2. The van der Waals surface area contributed by atoms with Gasteiger partial charge in [-0.15, -0.1) is 0 Å². The van der Waals surface area contributed by atoms with Crippen LogP contribution in [0.2, 0.25) is 0 Å². The van der Waals surface area contributed by atoms with E-state index in [-0.39, 0.29) is 30.7 Å². The van der Waals surface area contributed by atoms with Crippen LogP contribution in [0.3, 0.4) is 0 Å². The van der Waals surface area contributed by atoms with Gasteiger partial charge in [0.1, 0.15) is 5.82 Å². The molecule has 3 aromatic rings. The maximum Gasteiger partial charge on any atom is 0.306 e. The lowest BCUT2D eigenvalue weighted by Crippen LogP contribution is -2.50. The summed E-state index contributed by atoms with van der Waals surface area (Å²) >= 11 is 0. The van der Waals surface area contributed by atoms with Gasteiger partial charge in [-0.2, -0.15) is 0 Å². The molecule has 1 amide bonds. The molecule has 4 rings (SSSR count). The van der Waals surface area contributed by atoms with Crippen molar-refractivity contribution >= 4 is 28.5 Å². The molecule has 0 unspecified atom stereocenters. The number of esters is 1. The Labute approximate surface area is 180 Å². The van der Waals surface area contributed by atoms with Crippen molar-refractivity contribution in [1.82, 2.24) is 9.88 Å². The van der Waals surface area contributed by atoms with Crippen molar-refractivity contribution in [3.63, 3.8) is 0 Å². The SMILES string of the molecule is O=C(CCCc1c[nH]c2ccccc12)OCC(=O)N1CCN(c2ccccc2F)CC1. The number of carbonyl (C=O) groups excluding carboxylic acids is 2. The summed E-state index contributed by atoms with van der Waals surface area (Å²) in [6.07, 6.45) is 3.68. The van der Waals surface area contributed by atoms with Crippen LogP contribution >= 0.6 is 0 Å². The van der Waals surface area contributed by atoms with Crippen molar-refractivity contribution in [3.05, 3.63) is 66.1 Å². The molecule has 1 aromatic heterocycles. The van der Waals surface area contributed by atoms with E-state index in [4.69, 9.17) is 4.74 Å². The first-order valence-corrected chi connectivity index (χ1v) is 10.6. The zero-order valence-corrected chi connectivity index (χ0v) is 17.4. The van der Waals surface area contributed by atoms with E-state index in [1.807, 2.05) is 29.3 Å². The third kappa shape index (κ3) is 5.05. The number of aromatic amines is 1. The molecule has 0 saturated carbocycles. The van der Waals surface area contributed by atoms with Gasteiger partial charge in [-0.3, -0.25) is 9.59 Å². The van der Waals surface area contributed by atoms with E-state index in [1.165, 1.54) is 17.0 Å². The third-order valence-corrected chi connectivity index (χ3v) is 5.68. The van der Waals surface area contributed by atoms with E-state index in [0.717, 1.165) is 11.9 Å². The molecule has 0 spiro atoms. The number of fused-ring (bicyclic) bond motifs is 1. The molecule has 0 atom stereocenters. The number of aryl methyl sites for hydroxylation is 1. The van der Waals surface area contributed by atoms with Gasteiger partial charge in [0, 0.05) is 49.7 Å². The number of carbonyl (C=O) groups is 2. The van der Waals surface area contributed by atoms with Crippen LogP contribution in [0.25, 0.3) is 10.9 Å². The second-order valence-corrected chi connectivity index (χ2v) is 7.69. The Morgan fingerprint density at radius 1 is 1.00 bits per heavy atom.